The van der Waals surface area contributed by atoms with Crippen molar-refractivity contribution in [3.8, 4) is 0 Å². The minimum Gasteiger partial charge on any atom is -0.480 e. The Bertz CT molecular complexity index is 1270. The van der Waals surface area contributed by atoms with Crippen molar-refractivity contribution in [2.45, 2.75) is 23.9 Å². The molecule has 2 fully saturated rings. The van der Waals surface area contributed by atoms with Gasteiger partial charge in [0.15, 0.2) is 0 Å². The van der Waals surface area contributed by atoms with Gasteiger partial charge in [-0.05, 0) is 11.6 Å². The first-order valence-corrected chi connectivity index (χ1v) is 11.8. The van der Waals surface area contributed by atoms with E-state index in [2.05, 4.69) is 5.32 Å². The predicted octanol–water partition coefficient (Wildman–Crippen LogP) is 2.23. The van der Waals surface area contributed by atoms with E-state index in [0.29, 0.717) is 0 Å². The second kappa shape index (κ2) is 10.2. The summed E-state index contributed by atoms with van der Waals surface area (Å²) in [6.07, 6.45) is 2.89. The predicted molar refractivity (Wildman–Crippen MR) is 129 cm³/mol. The Balaban J connectivity index is 1.48. The molecule has 2 aliphatic rings. The molecule has 0 aliphatic carbocycles. The number of carboxylic acids is 1. The van der Waals surface area contributed by atoms with Gasteiger partial charge in [0, 0.05) is 17.7 Å². The Kier molecular flexibility index (Phi) is 7.01. The van der Waals surface area contributed by atoms with E-state index in [1.54, 1.807) is 24.3 Å². The van der Waals surface area contributed by atoms with E-state index >= 15 is 0 Å². The third kappa shape index (κ3) is 4.91. The number of β-lactam (4-membered cyclic amide) rings is 1. The number of amides is 2. The lowest BCUT2D eigenvalue weighted by atomic mass is 9.92. The van der Waals surface area contributed by atoms with Gasteiger partial charge in [0.05, 0.1) is 27.9 Å². The van der Waals surface area contributed by atoms with Crippen molar-refractivity contribution in [3.05, 3.63) is 86.0 Å². The Morgan fingerprint density at radius 2 is 1.86 bits per heavy atom. The molecule has 2 saturated heterocycles. The third-order valence-electron chi connectivity index (χ3n) is 5.97. The number of non-ortho nitro benzene ring substituents is 1. The molecule has 12 nitrogen and oxygen atoms in total. The van der Waals surface area contributed by atoms with E-state index in [0.717, 1.165) is 17.7 Å². The molecule has 0 saturated carbocycles. The molecule has 0 bridgehead atoms. The molecule has 2 aromatic rings. The van der Waals surface area contributed by atoms with E-state index in [1.807, 2.05) is 6.07 Å². The summed E-state index contributed by atoms with van der Waals surface area (Å²) in [4.78, 5) is 59.3. The molecule has 2 heterocycles. The number of nitro groups is 2. The van der Waals surface area contributed by atoms with Gasteiger partial charge in [-0.3, -0.25) is 29.8 Å². The molecule has 0 aromatic heterocycles. The van der Waals surface area contributed by atoms with E-state index in [9.17, 15) is 39.7 Å². The maximum absolute atomic E-state index is 12.8. The first-order chi connectivity index (χ1) is 17.2. The van der Waals surface area contributed by atoms with Gasteiger partial charge in [-0.15, -0.1) is 11.8 Å². The van der Waals surface area contributed by atoms with Crippen molar-refractivity contribution in [2.24, 2.45) is 5.92 Å². The zero-order chi connectivity index (χ0) is 26.0. The summed E-state index contributed by atoms with van der Waals surface area (Å²) in [5.74, 6) is -2.49. The average molecular weight is 513 g/mol. The number of nitrogens with one attached hydrogen (secondary N) is 1. The quantitative estimate of drug-likeness (QED) is 0.305. The van der Waals surface area contributed by atoms with Crippen LogP contribution >= 0.6 is 11.8 Å². The number of hydrogen-bond donors (Lipinski definition) is 2. The van der Waals surface area contributed by atoms with Crippen LogP contribution in [0.1, 0.15) is 11.1 Å². The Morgan fingerprint density at radius 1 is 1.14 bits per heavy atom. The number of fused-ring (bicyclic) bond motifs is 1. The molecule has 2 amide bonds. The standard InChI is InChI=1S/C23H20N4O8S/c28-18(10-13-4-2-1-3-5-13)24-19-21(29)25-20(23(30)31)15(12-36-22(19)25)7-6-14-8-9-16(26(32)33)11-17(14)27(34)35/h1-9,11,15,19-20,22H,10,12H2,(H,24,28)(H,30,31)/b7-6+/t15?,19-,20?,22-/m1/s1. The van der Waals surface area contributed by atoms with Crippen molar-refractivity contribution in [3.63, 3.8) is 0 Å². The van der Waals surface area contributed by atoms with Crippen molar-refractivity contribution in [1.82, 2.24) is 10.2 Å². The topological polar surface area (TPSA) is 173 Å². The van der Waals surface area contributed by atoms with Gasteiger partial charge in [0.25, 0.3) is 11.4 Å². The molecular formula is C23H20N4O8S. The molecule has 4 atom stereocenters. The van der Waals surface area contributed by atoms with Gasteiger partial charge in [0.2, 0.25) is 11.8 Å². The molecule has 2 N–H and O–H groups in total. The summed E-state index contributed by atoms with van der Waals surface area (Å²) in [5, 5.41) is 34.3. The van der Waals surface area contributed by atoms with Crippen LogP contribution in [0.3, 0.4) is 0 Å². The van der Waals surface area contributed by atoms with Crippen molar-refractivity contribution in [2.75, 3.05) is 5.75 Å². The summed E-state index contributed by atoms with van der Waals surface area (Å²) in [6, 6.07) is 10.1. The lowest BCUT2D eigenvalue weighted by Gasteiger charge is -2.53. The summed E-state index contributed by atoms with van der Waals surface area (Å²) >= 11 is 1.31. The molecule has 2 aliphatic heterocycles. The lowest BCUT2D eigenvalue weighted by Crippen LogP contribution is -2.75. The monoisotopic (exact) mass is 512 g/mol. The maximum Gasteiger partial charge on any atom is 0.327 e. The number of carbonyl (C=O) groups excluding carboxylic acids is 2. The van der Waals surface area contributed by atoms with Gasteiger partial charge in [0.1, 0.15) is 17.5 Å². The van der Waals surface area contributed by atoms with Crippen LogP contribution in [0.15, 0.2) is 54.6 Å². The van der Waals surface area contributed by atoms with E-state index in [4.69, 9.17) is 0 Å². The average Bonchev–Trinajstić information content (AvgIpc) is 2.85. The van der Waals surface area contributed by atoms with Gasteiger partial charge in [-0.25, -0.2) is 4.79 Å². The van der Waals surface area contributed by atoms with Gasteiger partial charge < -0.3 is 15.3 Å². The van der Waals surface area contributed by atoms with Crippen LogP contribution < -0.4 is 5.32 Å². The normalized spacial score (nSPS) is 23.0. The van der Waals surface area contributed by atoms with Crippen LogP contribution in [0.4, 0.5) is 11.4 Å². The fraction of sp³-hybridized carbons (Fsp3) is 0.261. The smallest absolute Gasteiger partial charge is 0.327 e. The fourth-order valence-electron chi connectivity index (χ4n) is 4.24. The molecule has 0 spiro atoms. The summed E-state index contributed by atoms with van der Waals surface area (Å²) in [7, 11) is 0. The van der Waals surface area contributed by atoms with Crippen molar-refractivity contribution < 1.29 is 29.3 Å². The largest absolute Gasteiger partial charge is 0.480 e. The third-order valence-corrected chi connectivity index (χ3v) is 7.38. The highest BCUT2D eigenvalue weighted by Crippen LogP contribution is 2.41. The second-order valence-corrected chi connectivity index (χ2v) is 9.39. The minimum atomic E-state index is -1.24. The van der Waals surface area contributed by atoms with E-state index < -0.39 is 56.5 Å². The highest BCUT2D eigenvalue weighted by atomic mass is 32.2. The molecule has 36 heavy (non-hydrogen) atoms. The zero-order valence-electron chi connectivity index (χ0n) is 18.6. The first kappa shape index (κ1) is 24.9. The summed E-state index contributed by atoms with van der Waals surface area (Å²) in [5.41, 5.74) is -0.0773. The molecule has 2 aromatic carbocycles. The van der Waals surface area contributed by atoms with E-state index in [1.165, 1.54) is 34.9 Å². The maximum atomic E-state index is 12.8. The lowest BCUT2D eigenvalue weighted by molar-refractivity contribution is -0.394. The van der Waals surface area contributed by atoms with Crippen LogP contribution in [-0.4, -0.2) is 60.8 Å². The Labute approximate surface area is 208 Å². The van der Waals surface area contributed by atoms with Gasteiger partial charge in [-0.1, -0.05) is 42.5 Å². The van der Waals surface area contributed by atoms with Crippen LogP contribution in [0.5, 0.6) is 0 Å². The molecule has 4 rings (SSSR count). The van der Waals surface area contributed by atoms with E-state index in [-0.39, 0.29) is 23.6 Å². The number of aliphatic carboxylic acids is 1. The van der Waals surface area contributed by atoms with Crippen LogP contribution in [-0.2, 0) is 20.8 Å². The number of nitro benzene ring substituents is 2. The van der Waals surface area contributed by atoms with Gasteiger partial charge >= 0.3 is 5.97 Å². The summed E-state index contributed by atoms with van der Waals surface area (Å²) in [6.45, 7) is 0. The number of hydrogen-bond acceptors (Lipinski definition) is 8. The first-order valence-electron chi connectivity index (χ1n) is 10.8. The second-order valence-electron chi connectivity index (χ2n) is 8.24. The van der Waals surface area contributed by atoms with Gasteiger partial charge in [-0.2, -0.15) is 0 Å². The molecule has 0 radical (unpaired) electrons. The molecular weight excluding hydrogens is 492 g/mol. The summed E-state index contributed by atoms with van der Waals surface area (Å²) < 4.78 is 0. The van der Waals surface area contributed by atoms with Crippen LogP contribution in [0.2, 0.25) is 0 Å². The number of thioether (sulfide) groups is 1. The minimum absolute atomic E-state index is 0.0721. The number of nitrogens with zero attached hydrogens (tertiary/aromatic N) is 3. The Morgan fingerprint density at radius 3 is 2.50 bits per heavy atom. The fourth-order valence-corrected chi connectivity index (χ4v) is 5.72. The number of rotatable bonds is 8. The zero-order valence-corrected chi connectivity index (χ0v) is 19.4. The van der Waals surface area contributed by atoms with Crippen LogP contribution in [0.25, 0.3) is 6.08 Å². The number of benzene rings is 2. The van der Waals surface area contributed by atoms with Crippen molar-refractivity contribution in [1.29, 1.82) is 0 Å². The molecule has 186 valence electrons. The number of carbonyl (C=O) groups is 3. The Hall–Kier alpha value is -4.26. The van der Waals surface area contributed by atoms with Crippen LogP contribution in [0, 0.1) is 26.1 Å². The number of carboxylic acid groups (broad SMARTS) is 1. The highest BCUT2D eigenvalue weighted by Gasteiger charge is 2.57. The molecule has 2 unspecified atom stereocenters. The highest BCUT2D eigenvalue weighted by molar-refractivity contribution is 8.00. The van der Waals surface area contributed by atoms with Crippen molar-refractivity contribution >= 4 is 47.0 Å². The molecule has 13 heteroatoms. The SMILES string of the molecule is O=C(Cc1ccccc1)N[C@@H]1C(=O)N2C(C(=O)O)C(/C=C/c3ccc([N+](=O)[O-])cc3[N+](=O)[O-])CS[C@H]12.